The smallest absolute Gasteiger partial charge is 0.303 e. The zero-order valence-corrected chi connectivity index (χ0v) is 11.3. The number of hydrogen-bond acceptors (Lipinski definition) is 3. The van der Waals surface area contributed by atoms with Crippen LogP contribution in [0.4, 0.5) is 0 Å². The highest BCUT2D eigenvalue weighted by Gasteiger charge is 2.27. The summed E-state index contributed by atoms with van der Waals surface area (Å²) >= 11 is 0. The molecule has 0 spiro atoms. The predicted octanol–water partition coefficient (Wildman–Crippen LogP) is 1.22. The van der Waals surface area contributed by atoms with E-state index in [1.165, 1.54) is 0 Å². The fourth-order valence-electron chi connectivity index (χ4n) is 2.28. The Hall–Kier alpha value is -1.10. The molecule has 0 saturated carbocycles. The van der Waals surface area contributed by atoms with E-state index in [-0.39, 0.29) is 24.2 Å². The second-order valence-electron chi connectivity index (χ2n) is 5.88. The summed E-state index contributed by atoms with van der Waals surface area (Å²) < 4.78 is 0. The molecule has 0 radical (unpaired) electrons. The van der Waals surface area contributed by atoms with Crippen LogP contribution in [0.3, 0.4) is 0 Å². The minimum atomic E-state index is -0.907. The maximum Gasteiger partial charge on any atom is 0.303 e. The number of carboxylic acid groups (broad SMARTS) is 1. The first-order valence-corrected chi connectivity index (χ1v) is 6.58. The summed E-state index contributed by atoms with van der Waals surface area (Å²) in [4.78, 5) is 24.3. The van der Waals surface area contributed by atoms with Gasteiger partial charge in [0, 0.05) is 19.5 Å². The first-order chi connectivity index (χ1) is 8.32. The van der Waals surface area contributed by atoms with Crippen LogP contribution in [0.1, 0.15) is 46.0 Å². The number of nitrogens with zero attached hydrogens (tertiary/aromatic N) is 1. The van der Waals surface area contributed by atoms with Gasteiger partial charge in [-0.25, -0.2) is 0 Å². The van der Waals surface area contributed by atoms with Crippen LogP contribution >= 0.6 is 0 Å². The van der Waals surface area contributed by atoms with Crippen molar-refractivity contribution in [3.63, 3.8) is 0 Å². The van der Waals surface area contributed by atoms with Crippen LogP contribution in [0.2, 0.25) is 0 Å². The number of carboxylic acids is 1. The molecule has 1 amide bonds. The molecule has 104 valence electrons. The van der Waals surface area contributed by atoms with Crippen LogP contribution in [-0.4, -0.2) is 41.0 Å². The van der Waals surface area contributed by atoms with Gasteiger partial charge in [0.05, 0.1) is 6.04 Å². The van der Waals surface area contributed by atoms with Crippen molar-refractivity contribution >= 4 is 11.9 Å². The Bertz CT molecular complexity index is 315. The van der Waals surface area contributed by atoms with Crippen LogP contribution < -0.4 is 5.73 Å². The first kappa shape index (κ1) is 15.0. The lowest BCUT2D eigenvalue weighted by atomic mass is 9.85. The molecule has 1 rings (SSSR count). The van der Waals surface area contributed by atoms with Gasteiger partial charge in [0.1, 0.15) is 0 Å². The van der Waals surface area contributed by atoms with Crippen molar-refractivity contribution in [2.45, 2.75) is 52.0 Å². The van der Waals surface area contributed by atoms with Crippen molar-refractivity contribution in [3.05, 3.63) is 0 Å². The Morgan fingerprint density at radius 1 is 1.33 bits per heavy atom. The van der Waals surface area contributed by atoms with E-state index in [0.29, 0.717) is 0 Å². The number of aliphatic carboxylic acids is 1. The third kappa shape index (κ3) is 4.64. The standard InChI is InChI=1S/C13H24N2O3/c1-13(2)6-3-8-15(9-7-13)12(18)10(14)4-5-11(16)17/h10H,3-9,14H2,1-2H3,(H,16,17). The van der Waals surface area contributed by atoms with Gasteiger partial charge in [-0.3, -0.25) is 9.59 Å². The largest absolute Gasteiger partial charge is 0.481 e. The number of nitrogens with two attached hydrogens (primary N) is 1. The molecular formula is C13H24N2O3. The molecule has 18 heavy (non-hydrogen) atoms. The molecule has 1 unspecified atom stereocenters. The van der Waals surface area contributed by atoms with Crippen molar-refractivity contribution < 1.29 is 14.7 Å². The SMILES string of the molecule is CC1(C)CCCN(C(=O)C(N)CCC(=O)O)CC1. The molecule has 0 aromatic heterocycles. The van der Waals surface area contributed by atoms with E-state index in [2.05, 4.69) is 13.8 Å². The molecule has 3 N–H and O–H groups in total. The van der Waals surface area contributed by atoms with E-state index in [0.717, 1.165) is 32.4 Å². The van der Waals surface area contributed by atoms with Crippen LogP contribution in [0, 0.1) is 5.41 Å². The van der Waals surface area contributed by atoms with Gasteiger partial charge in [-0.05, 0) is 31.1 Å². The lowest BCUT2D eigenvalue weighted by molar-refractivity contribution is -0.137. The molecule has 1 fully saturated rings. The minimum Gasteiger partial charge on any atom is -0.481 e. The number of carbonyl (C=O) groups is 2. The number of carbonyl (C=O) groups excluding carboxylic acids is 1. The van der Waals surface area contributed by atoms with Gasteiger partial charge in [0.15, 0.2) is 0 Å². The topological polar surface area (TPSA) is 83.6 Å². The summed E-state index contributed by atoms with van der Waals surface area (Å²) in [5.41, 5.74) is 6.04. The molecular weight excluding hydrogens is 232 g/mol. The summed E-state index contributed by atoms with van der Waals surface area (Å²) in [6.45, 7) is 5.90. The molecule has 1 aliphatic heterocycles. The Labute approximate surface area is 108 Å². The maximum atomic E-state index is 12.1. The number of likely N-dealkylation sites (tertiary alicyclic amines) is 1. The van der Waals surface area contributed by atoms with E-state index >= 15 is 0 Å². The number of amides is 1. The molecule has 0 aromatic rings. The van der Waals surface area contributed by atoms with E-state index in [9.17, 15) is 9.59 Å². The van der Waals surface area contributed by atoms with Gasteiger partial charge in [-0.1, -0.05) is 13.8 Å². The normalized spacial score (nSPS) is 21.2. The average molecular weight is 256 g/mol. The lowest BCUT2D eigenvalue weighted by Gasteiger charge is -2.25. The second kappa shape index (κ2) is 6.18. The third-order valence-corrected chi connectivity index (χ3v) is 3.64. The van der Waals surface area contributed by atoms with Gasteiger partial charge >= 0.3 is 5.97 Å². The fourth-order valence-corrected chi connectivity index (χ4v) is 2.28. The van der Waals surface area contributed by atoms with E-state index in [1.54, 1.807) is 4.90 Å². The Morgan fingerprint density at radius 2 is 2.00 bits per heavy atom. The molecule has 1 atom stereocenters. The van der Waals surface area contributed by atoms with Gasteiger partial charge in [-0.2, -0.15) is 0 Å². The molecule has 5 heteroatoms. The summed E-state index contributed by atoms with van der Waals surface area (Å²) in [6.07, 6.45) is 3.25. The first-order valence-electron chi connectivity index (χ1n) is 6.58. The summed E-state index contributed by atoms with van der Waals surface area (Å²) in [5.74, 6) is -1.01. The molecule has 1 saturated heterocycles. The van der Waals surface area contributed by atoms with Gasteiger partial charge in [-0.15, -0.1) is 0 Å². The Kier molecular flexibility index (Phi) is 5.14. The fraction of sp³-hybridized carbons (Fsp3) is 0.846. The second-order valence-corrected chi connectivity index (χ2v) is 5.88. The summed E-state index contributed by atoms with van der Waals surface area (Å²) in [7, 11) is 0. The zero-order chi connectivity index (χ0) is 13.8. The van der Waals surface area contributed by atoms with Crippen molar-refractivity contribution in [1.29, 1.82) is 0 Å². The minimum absolute atomic E-state index is 0.0494. The molecule has 1 heterocycles. The molecule has 0 aromatic carbocycles. The molecule has 0 aliphatic carbocycles. The van der Waals surface area contributed by atoms with Gasteiger partial charge < -0.3 is 15.7 Å². The lowest BCUT2D eigenvalue weighted by Crippen LogP contribution is -2.44. The summed E-state index contributed by atoms with van der Waals surface area (Å²) in [6, 6.07) is -0.678. The van der Waals surface area contributed by atoms with Crippen molar-refractivity contribution in [3.8, 4) is 0 Å². The van der Waals surface area contributed by atoms with Crippen LogP contribution in [-0.2, 0) is 9.59 Å². The monoisotopic (exact) mass is 256 g/mol. The van der Waals surface area contributed by atoms with Crippen LogP contribution in [0.25, 0.3) is 0 Å². The average Bonchev–Trinajstić information content (AvgIpc) is 2.46. The van der Waals surface area contributed by atoms with Crippen LogP contribution in [0.5, 0.6) is 0 Å². The molecule has 1 aliphatic rings. The highest BCUT2D eigenvalue weighted by Crippen LogP contribution is 2.29. The highest BCUT2D eigenvalue weighted by atomic mass is 16.4. The van der Waals surface area contributed by atoms with E-state index < -0.39 is 12.0 Å². The van der Waals surface area contributed by atoms with Crippen LogP contribution in [0.15, 0.2) is 0 Å². The highest BCUT2D eigenvalue weighted by molar-refractivity contribution is 5.82. The maximum absolute atomic E-state index is 12.1. The number of rotatable bonds is 4. The Morgan fingerprint density at radius 3 is 2.61 bits per heavy atom. The predicted molar refractivity (Wildman–Crippen MR) is 69.1 cm³/mol. The van der Waals surface area contributed by atoms with Crippen molar-refractivity contribution in [2.75, 3.05) is 13.1 Å². The van der Waals surface area contributed by atoms with E-state index in [1.807, 2.05) is 0 Å². The van der Waals surface area contributed by atoms with Crippen molar-refractivity contribution in [1.82, 2.24) is 4.90 Å². The van der Waals surface area contributed by atoms with Gasteiger partial charge in [0.2, 0.25) is 5.91 Å². The molecule has 0 bridgehead atoms. The van der Waals surface area contributed by atoms with Gasteiger partial charge in [0.25, 0.3) is 0 Å². The Balaban J connectivity index is 2.48. The number of hydrogen-bond donors (Lipinski definition) is 2. The zero-order valence-electron chi connectivity index (χ0n) is 11.3. The molecule has 5 nitrogen and oxygen atoms in total. The van der Waals surface area contributed by atoms with E-state index in [4.69, 9.17) is 10.8 Å². The third-order valence-electron chi connectivity index (χ3n) is 3.64. The summed E-state index contributed by atoms with van der Waals surface area (Å²) in [5, 5.41) is 8.59. The van der Waals surface area contributed by atoms with Crippen molar-refractivity contribution in [2.24, 2.45) is 11.1 Å². The quantitative estimate of drug-likeness (QED) is 0.792.